The van der Waals surface area contributed by atoms with Gasteiger partial charge in [-0.25, -0.2) is 0 Å². The molecule has 0 aliphatic carbocycles. The summed E-state index contributed by atoms with van der Waals surface area (Å²) in [5.74, 6) is 0. The Kier molecular flexibility index (Phi) is 3.84. The lowest BCUT2D eigenvalue weighted by Crippen LogP contribution is -2.14. The SMILES string of the molecule is C=CCC(C)Nc1cccc(Cl)c1N. The zero-order valence-corrected chi connectivity index (χ0v) is 9.01. The van der Waals surface area contributed by atoms with Gasteiger partial charge in [0.25, 0.3) is 0 Å². The van der Waals surface area contributed by atoms with E-state index in [9.17, 15) is 0 Å². The molecule has 3 heteroatoms. The van der Waals surface area contributed by atoms with Crippen molar-refractivity contribution in [3.8, 4) is 0 Å². The first-order chi connectivity index (χ1) is 6.65. The van der Waals surface area contributed by atoms with E-state index in [0.29, 0.717) is 16.8 Å². The summed E-state index contributed by atoms with van der Waals surface area (Å²) in [6.45, 7) is 5.76. The Hall–Kier alpha value is -1.15. The van der Waals surface area contributed by atoms with E-state index in [4.69, 9.17) is 17.3 Å². The molecule has 0 heterocycles. The molecule has 0 bridgehead atoms. The Labute approximate surface area is 89.8 Å². The summed E-state index contributed by atoms with van der Waals surface area (Å²) >= 11 is 5.89. The van der Waals surface area contributed by atoms with Gasteiger partial charge in [0.2, 0.25) is 0 Å². The van der Waals surface area contributed by atoms with Crippen LogP contribution in [0.2, 0.25) is 5.02 Å². The summed E-state index contributed by atoms with van der Waals surface area (Å²) in [5, 5.41) is 3.86. The number of para-hydroxylation sites is 1. The summed E-state index contributed by atoms with van der Waals surface area (Å²) in [6, 6.07) is 5.89. The van der Waals surface area contributed by atoms with Gasteiger partial charge in [-0.15, -0.1) is 6.58 Å². The normalized spacial score (nSPS) is 12.1. The first-order valence-electron chi connectivity index (χ1n) is 4.56. The molecule has 0 aliphatic heterocycles. The van der Waals surface area contributed by atoms with Crippen LogP contribution in [-0.2, 0) is 0 Å². The number of nitrogen functional groups attached to an aromatic ring is 1. The van der Waals surface area contributed by atoms with Gasteiger partial charge in [-0.2, -0.15) is 0 Å². The second-order valence-corrected chi connectivity index (χ2v) is 3.68. The number of hydrogen-bond acceptors (Lipinski definition) is 2. The van der Waals surface area contributed by atoms with Gasteiger partial charge in [-0.3, -0.25) is 0 Å². The van der Waals surface area contributed by atoms with Gasteiger partial charge in [0.1, 0.15) is 0 Å². The fourth-order valence-electron chi connectivity index (χ4n) is 1.24. The Morgan fingerprint density at radius 2 is 2.36 bits per heavy atom. The molecule has 1 atom stereocenters. The maximum Gasteiger partial charge on any atom is 0.0739 e. The van der Waals surface area contributed by atoms with E-state index in [2.05, 4.69) is 18.8 Å². The Balaban J connectivity index is 2.76. The number of halogens is 1. The predicted octanol–water partition coefficient (Wildman–Crippen LogP) is 3.30. The Bertz CT molecular complexity index is 323. The third kappa shape index (κ3) is 2.67. The van der Waals surface area contributed by atoms with Crippen LogP contribution in [-0.4, -0.2) is 6.04 Å². The third-order valence-electron chi connectivity index (χ3n) is 1.98. The average molecular weight is 211 g/mol. The van der Waals surface area contributed by atoms with Gasteiger partial charge in [-0.1, -0.05) is 23.7 Å². The lowest BCUT2D eigenvalue weighted by molar-refractivity contribution is 0.815. The molecule has 3 N–H and O–H groups in total. The molecular weight excluding hydrogens is 196 g/mol. The van der Waals surface area contributed by atoms with E-state index in [1.165, 1.54) is 0 Å². The molecule has 0 radical (unpaired) electrons. The summed E-state index contributed by atoms with van der Waals surface area (Å²) in [7, 11) is 0. The molecular formula is C11H15ClN2. The average Bonchev–Trinajstić information content (AvgIpc) is 2.13. The number of nitrogens with two attached hydrogens (primary N) is 1. The highest BCUT2D eigenvalue weighted by Crippen LogP contribution is 2.27. The second-order valence-electron chi connectivity index (χ2n) is 3.27. The van der Waals surface area contributed by atoms with Gasteiger partial charge in [-0.05, 0) is 25.5 Å². The first kappa shape index (κ1) is 10.9. The van der Waals surface area contributed by atoms with Crippen LogP contribution in [0.5, 0.6) is 0 Å². The fourth-order valence-corrected chi connectivity index (χ4v) is 1.41. The monoisotopic (exact) mass is 210 g/mol. The van der Waals surface area contributed by atoms with Gasteiger partial charge < -0.3 is 11.1 Å². The van der Waals surface area contributed by atoms with Crippen LogP contribution in [0.15, 0.2) is 30.9 Å². The number of nitrogens with one attached hydrogen (secondary N) is 1. The highest BCUT2D eigenvalue weighted by atomic mass is 35.5. The van der Waals surface area contributed by atoms with Gasteiger partial charge in [0, 0.05) is 6.04 Å². The highest BCUT2D eigenvalue weighted by molar-refractivity contribution is 6.33. The van der Waals surface area contributed by atoms with Crippen molar-refractivity contribution < 1.29 is 0 Å². The van der Waals surface area contributed by atoms with Crippen molar-refractivity contribution in [3.63, 3.8) is 0 Å². The molecule has 2 nitrogen and oxygen atoms in total. The van der Waals surface area contributed by atoms with Gasteiger partial charge >= 0.3 is 0 Å². The number of benzene rings is 1. The minimum absolute atomic E-state index is 0.313. The van der Waals surface area contributed by atoms with E-state index < -0.39 is 0 Å². The van der Waals surface area contributed by atoms with Crippen molar-refractivity contribution in [3.05, 3.63) is 35.9 Å². The summed E-state index contributed by atoms with van der Waals surface area (Å²) in [6.07, 6.45) is 2.77. The molecule has 1 rings (SSSR count). The maximum atomic E-state index is 5.89. The topological polar surface area (TPSA) is 38.0 Å². The second kappa shape index (κ2) is 4.91. The van der Waals surface area contributed by atoms with Gasteiger partial charge in [0.15, 0.2) is 0 Å². The van der Waals surface area contributed by atoms with Crippen LogP contribution in [0.1, 0.15) is 13.3 Å². The van der Waals surface area contributed by atoms with Crippen LogP contribution >= 0.6 is 11.6 Å². The van der Waals surface area contributed by atoms with Crippen LogP contribution in [0.3, 0.4) is 0 Å². The van der Waals surface area contributed by atoms with Crippen molar-refractivity contribution in [2.24, 2.45) is 0 Å². The lowest BCUT2D eigenvalue weighted by atomic mass is 10.2. The van der Waals surface area contributed by atoms with Crippen molar-refractivity contribution in [1.82, 2.24) is 0 Å². The van der Waals surface area contributed by atoms with Crippen LogP contribution < -0.4 is 11.1 Å². The van der Waals surface area contributed by atoms with Crippen molar-refractivity contribution >= 4 is 23.0 Å². The van der Waals surface area contributed by atoms with E-state index in [0.717, 1.165) is 12.1 Å². The maximum absolute atomic E-state index is 5.89. The minimum Gasteiger partial charge on any atom is -0.396 e. The molecule has 0 saturated carbocycles. The molecule has 0 amide bonds. The Morgan fingerprint density at radius 1 is 1.64 bits per heavy atom. The molecule has 76 valence electrons. The smallest absolute Gasteiger partial charge is 0.0739 e. The molecule has 14 heavy (non-hydrogen) atoms. The highest BCUT2D eigenvalue weighted by Gasteiger charge is 2.05. The molecule has 1 aromatic rings. The van der Waals surface area contributed by atoms with Crippen molar-refractivity contribution in [2.75, 3.05) is 11.1 Å². The zero-order valence-electron chi connectivity index (χ0n) is 8.26. The summed E-state index contributed by atoms with van der Waals surface area (Å²) in [5.41, 5.74) is 7.29. The van der Waals surface area contributed by atoms with Crippen LogP contribution in [0.25, 0.3) is 0 Å². The third-order valence-corrected chi connectivity index (χ3v) is 2.30. The summed E-state index contributed by atoms with van der Waals surface area (Å²) < 4.78 is 0. The van der Waals surface area contributed by atoms with E-state index in [-0.39, 0.29) is 0 Å². The van der Waals surface area contributed by atoms with Crippen LogP contribution in [0.4, 0.5) is 11.4 Å². The van der Waals surface area contributed by atoms with Crippen molar-refractivity contribution in [2.45, 2.75) is 19.4 Å². The number of rotatable bonds is 4. The molecule has 0 aromatic heterocycles. The molecule has 1 unspecified atom stereocenters. The predicted molar refractivity (Wildman–Crippen MR) is 63.8 cm³/mol. The fraction of sp³-hybridized carbons (Fsp3) is 0.273. The van der Waals surface area contributed by atoms with E-state index in [1.54, 1.807) is 6.07 Å². The molecule has 0 spiro atoms. The first-order valence-corrected chi connectivity index (χ1v) is 4.94. The molecule has 1 aromatic carbocycles. The standard InChI is InChI=1S/C11H15ClN2/c1-3-5-8(2)14-10-7-4-6-9(12)11(10)13/h3-4,6-8,14H,1,5,13H2,2H3. The van der Waals surface area contributed by atoms with E-state index in [1.807, 2.05) is 18.2 Å². The Morgan fingerprint density at radius 3 is 3.00 bits per heavy atom. The number of hydrogen-bond donors (Lipinski definition) is 2. The van der Waals surface area contributed by atoms with Gasteiger partial charge in [0.05, 0.1) is 16.4 Å². The van der Waals surface area contributed by atoms with Crippen molar-refractivity contribution in [1.29, 1.82) is 0 Å². The number of anilines is 2. The summed E-state index contributed by atoms with van der Waals surface area (Å²) in [4.78, 5) is 0. The lowest BCUT2D eigenvalue weighted by Gasteiger charge is -2.15. The van der Waals surface area contributed by atoms with E-state index >= 15 is 0 Å². The largest absolute Gasteiger partial charge is 0.396 e. The zero-order chi connectivity index (χ0) is 10.6. The molecule has 0 saturated heterocycles. The quantitative estimate of drug-likeness (QED) is 0.591. The molecule has 0 fully saturated rings. The molecule has 0 aliphatic rings. The minimum atomic E-state index is 0.313. The van der Waals surface area contributed by atoms with Crippen LogP contribution in [0, 0.1) is 0 Å².